The Kier molecular flexibility index (Phi) is 8.68. The average molecular weight is 451 g/mol. The van der Waals surface area contributed by atoms with Gasteiger partial charge in [-0.25, -0.2) is 0 Å². The summed E-state index contributed by atoms with van der Waals surface area (Å²) in [5.41, 5.74) is 2.82. The molecular weight excluding hydrogens is 420 g/mol. The third-order valence-electron chi connectivity index (χ3n) is 5.41. The van der Waals surface area contributed by atoms with E-state index in [1.54, 1.807) is 12.1 Å². The average Bonchev–Trinajstić information content (AvgIpc) is 2.78. The molecule has 0 radical (unpaired) electrons. The Labute approximate surface area is 193 Å². The van der Waals surface area contributed by atoms with E-state index in [1.165, 1.54) is 17.8 Å². The van der Waals surface area contributed by atoms with Gasteiger partial charge in [-0.2, -0.15) is 0 Å². The Balaban J connectivity index is 1.81. The van der Waals surface area contributed by atoms with Crippen molar-refractivity contribution in [2.75, 3.05) is 5.75 Å². The van der Waals surface area contributed by atoms with E-state index >= 15 is 0 Å². The molecule has 32 heavy (non-hydrogen) atoms. The molecule has 1 aromatic heterocycles. The fourth-order valence-corrected chi connectivity index (χ4v) is 4.50. The second kappa shape index (κ2) is 11.7. The number of para-hydroxylation sites is 1. The molecule has 0 aliphatic carbocycles. The van der Waals surface area contributed by atoms with Gasteiger partial charge in [-0.15, -0.1) is 0 Å². The van der Waals surface area contributed by atoms with Crippen LogP contribution in [0.2, 0.25) is 0 Å². The molecule has 0 fully saturated rings. The predicted molar refractivity (Wildman–Crippen MR) is 132 cm³/mol. The first-order chi connectivity index (χ1) is 15.5. The smallest absolute Gasteiger partial charge is 0.251 e. The maximum atomic E-state index is 13.1. The number of hydrogen-bond donors (Lipinski definition) is 2. The summed E-state index contributed by atoms with van der Waals surface area (Å²) in [6, 6.07) is 15.6. The highest BCUT2D eigenvalue weighted by Gasteiger charge is 2.23. The Morgan fingerprint density at radius 1 is 1.03 bits per heavy atom. The van der Waals surface area contributed by atoms with E-state index in [0.29, 0.717) is 5.56 Å². The van der Waals surface area contributed by atoms with Crippen LogP contribution in [0.3, 0.4) is 0 Å². The number of unbranched alkanes of at least 4 members (excludes halogenated alkanes) is 3. The van der Waals surface area contributed by atoms with Gasteiger partial charge in [0.2, 0.25) is 10.7 Å². The van der Waals surface area contributed by atoms with Crippen molar-refractivity contribution >= 4 is 33.7 Å². The van der Waals surface area contributed by atoms with Crippen molar-refractivity contribution in [3.8, 4) is 0 Å². The number of carbonyl (C=O) groups excluding carboxylic acids is 2. The molecule has 3 rings (SSSR count). The number of benzene rings is 2. The minimum absolute atomic E-state index is 0.0775. The van der Waals surface area contributed by atoms with Crippen LogP contribution in [0.15, 0.2) is 59.4 Å². The molecular formula is C26H30N2O3S. The number of thioether (sulfide) groups is 1. The maximum Gasteiger partial charge on any atom is 0.251 e. The molecule has 0 saturated heterocycles. The zero-order valence-corrected chi connectivity index (χ0v) is 19.5. The van der Waals surface area contributed by atoms with Crippen molar-refractivity contribution in [2.45, 2.75) is 52.0 Å². The van der Waals surface area contributed by atoms with E-state index in [9.17, 15) is 14.4 Å². The maximum absolute atomic E-state index is 13.1. The number of aromatic amines is 1. The Morgan fingerprint density at radius 2 is 1.78 bits per heavy atom. The topological polar surface area (TPSA) is 79.0 Å². The van der Waals surface area contributed by atoms with Crippen molar-refractivity contribution in [2.24, 2.45) is 0 Å². The lowest BCUT2D eigenvalue weighted by atomic mass is 10.0. The van der Waals surface area contributed by atoms with E-state index in [1.807, 2.05) is 43.3 Å². The normalized spacial score (nSPS) is 11.9. The summed E-state index contributed by atoms with van der Waals surface area (Å²) in [6.07, 6.45) is 4.63. The minimum Gasteiger partial charge on any atom is -0.341 e. The number of fused-ring (bicyclic) bond motifs is 1. The molecule has 1 unspecified atom stereocenters. The zero-order valence-electron chi connectivity index (χ0n) is 18.6. The van der Waals surface area contributed by atoms with Crippen LogP contribution in [0.25, 0.3) is 10.9 Å². The lowest BCUT2D eigenvalue weighted by Gasteiger charge is -2.18. The Hall–Kier alpha value is -2.86. The molecule has 2 N–H and O–H groups in total. The largest absolute Gasteiger partial charge is 0.341 e. The quantitative estimate of drug-likeness (QED) is 0.425. The molecule has 1 amide bonds. The zero-order chi connectivity index (χ0) is 22.9. The van der Waals surface area contributed by atoms with Gasteiger partial charge in [-0.05, 0) is 37.1 Å². The van der Waals surface area contributed by atoms with Gasteiger partial charge in [-0.1, -0.05) is 73.8 Å². The number of carbonyl (C=O) groups is 2. The minimum atomic E-state index is -0.717. The van der Waals surface area contributed by atoms with Gasteiger partial charge < -0.3 is 10.3 Å². The van der Waals surface area contributed by atoms with Gasteiger partial charge in [-0.3, -0.25) is 14.4 Å². The number of pyridine rings is 1. The summed E-state index contributed by atoms with van der Waals surface area (Å²) in [5.74, 6) is 0.440. The number of aromatic nitrogens is 1. The van der Waals surface area contributed by atoms with E-state index in [-0.39, 0.29) is 23.0 Å². The third-order valence-corrected chi connectivity index (χ3v) is 6.47. The van der Waals surface area contributed by atoms with E-state index in [2.05, 4.69) is 17.2 Å². The molecule has 0 spiro atoms. The number of aryl methyl sites for hydroxylation is 1. The van der Waals surface area contributed by atoms with E-state index in [4.69, 9.17) is 0 Å². The molecule has 1 heterocycles. The summed E-state index contributed by atoms with van der Waals surface area (Å²) in [4.78, 5) is 40.9. The molecule has 2 aromatic carbocycles. The number of hydrogen-bond acceptors (Lipinski definition) is 4. The molecule has 168 valence electrons. The SMILES string of the molecule is CCCCCCSC(=O)C(Cc1cc(=O)[nH]c2ccccc12)NC(=O)c1ccc(C)cc1. The molecule has 3 aromatic rings. The van der Waals surface area contributed by atoms with Crippen LogP contribution in [0, 0.1) is 6.92 Å². The first-order valence-corrected chi connectivity index (χ1v) is 12.1. The van der Waals surface area contributed by atoms with Crippen LogP contribution in [-0.2, 0) is 11.2 Å². The van der Waals surface area contributed by atoms with Crippen LogP contribution in [0.1, 0.15) is 54.1 Å². The molecule has 0 aliphatic heterocycles. The second-order valence-corrected chi connectivity index (χ2v) is 9.13. The molecule has 1 atom stereocenters. The number of H-pyrrole nitrogens is 1. The molecule has 0 saturated carbocycles. The summed E-state index contributed by atoms with van der Waals surface area (Å²) in [7, 11) is 0. The lowest BCUT2D eigenvalue weighted by Crippen LogP contribution is -2.41. The van der Waals surface area contributed by atoms with Crippen LogP contribution in [0.5, 0.6) is 0 Å². The molecule has 0 aliphatic rings. The Morgan fingerprint density at radius 3 is 2.53 bits per heavy atom. The second-order valence-electron chi connectivity index (χ2n) is 8.03. The van der Waals surface area contributed by atoms with Gasteiger partial charge >= 0.3 is 0 Å². The highest BCUT2D eigenvalue weighted by atomic mass is 32.2. The number of rotatable bonds is 10. The summed E-state index contributed by atoms with van der Waals surface area (Å²) < 4.78 is 0. The van der Waals surface area contributed by atoms with Crippen LogP contribution in [-0.4, -0.2) is 27.8 Å². The van der Waals surface area contributed by atoms with Crippen molar-refractivity contribution in [1.82, 2.24) is 10.3 Å². The summed E-state index contributed by atoms with van der Waals surface area (Å²) in [5, 5.41) is 3.72. The Bertz CT molecular complexity index is 1120. The van der Waals surface area contributed by atoms with Crippen LogP contribution >= 0.6 is 11.8 Å². The first-order valence-electron chi connectivity index (χ1n) is 11.1. The van der Waals surface area contributed by atoms with Gasteiger partial charge in [0.1, 0.15) is 6.04 Å². The van der Waals surface area contributed by atoms with Crippen LogP contribution < -0.4 is 10.9 Å². The molecule has 5 nitrogen and oxygen atoms in total. The predicted octanol–water partition coefficient (Wildman–Crippen LogP) is 5.02. The highest BCUT2D eigenvalue weighted by molar-refractivity contribution is 8.13. The first kappa shape index (κ1) is 23.8. The van der Waals surface area contributed by atoms with Crippen molar-refractivity contribution in [1.29, 1.82) is 0 Å². The monoisotopic (exact) mass is 450 g/mol. The fourth-order valence-electron chi connectivity index (χ4n) is 3.61. The third kappa shape index (κ3) is 6.57. The van der Waals surface area contributed by atoms with Crippen molar-refractivity contribution < 1.29 is 9.59 Å². The lowest BCUT2D eigenvalue weighted by molar-refractivity contribution is -0.112. The van der Waals surface area contributed by atoms with E-state index in [0.717, 1.165) is 53.5 Å². The van der Waals surface area contributed by atoms with Gasteiger partial charge in [0.05, 0.1) is 0 Å². The van der Waals surface area contributed by atoms with Gasteiger partial charge in [0.15, 0.2) is 0 Å². The van der Waals surface area contributed by atoms with Crippen LogP contribution in [0.4, 0.5) is 0 Å². The van der Waals surface area contributed by atoms with Gasteiger partial charge in [0, 0.05) is 34.7 Å². The summed E-state index contributed by atoms with van der Waals surface area (Å²) in [6.45, 7) is 4.11. The van der Waals surface area contributed by atoms with Crippen molar-refractivity contribution in [3.63, 3.8) is 0 Å². The summed E-state index contributed by atoms with van der Waals surface area (Å²) >= 11 is 1.26. The number of amides is 1. The molecule has 6 heteroatoms. The highest BCUT2D eigenvalue weighted by Crippen LogP contribution is 2.19. The molecule has 0 bridgehead atoms. The van der Waals surface area contributed by atoms with E-state index < -0.39 is 6.04 Å². The standard InChI is InChI=1S/C26H30N2O3S/c1-3-4-5-8-15-32-26(31)23(28-25(30)19-13-11-18(2)12-14-19)16-20-17-24(29)27-22-10-7-6-9-21(20)22/h6-7,9-14,17,23H,3-5,8,15-16H2,1-2H3,(H,27,29)(H,28,30). The number of nitrogens with one attached hydrogen (secondary N) is 2. The van der Waals surface area contributed by atoms with Crippen molar-refractivity contribution in [3.05, 3.63) is 81.6 Å². The van der Waals surface area contributed by atoms with Gasteiger partial charge in [0.25, 0.3) is 5.91 Å². The fraction of sp³-hybridized carbons (Fsp3) is 0.346.